The quantitative estimate of drug-likeness (QED) is 0.364. The van der Waals surface area contributed by atoms with E-state index in [2.05, 4.69) is 0 Å². The van der Waals surface area contributed by atoms with Gasteiger partial charge in [-0.15, -0.1) is 0 Å². The second kappa shape index (κ2) is 10.1. The summed E-state index contributed by atoms with van der Waals surface area (Å²) >= 11 is 0. The molecular formula is C24H26N2O7S. The number of methoxy groups -OCH3 is 2. The van der Waals surface area contributed by atoms with Gasteiger partial charge in [0.15, 0.2) is 6.61 Å². The van der Waals surface area contributed by atoms with Crippen LogP contribution in [0.2, 0.25) is 0 Å². The molecule has 0 bridgehead atoms. The molecule has 3 rings (SSSR count). The van der Waals surface area contributed by atoms with Crippen molar-refractivity contribution in [3.63, 3.8) is 0 Å². The maximum absolute atomic E-state index is 12.8. The molecule has 9 nitrogen and oxygen atoms in total. The fourth-order valence-corrected chi connectivity index (χ4v) is 4.17. The number of ketones is 1. The summed E-state index contributed by atoms with van der Waals surface area (Å²) < 4.78 is 40.4. The Labute approximate surface area is 198 Å². The first-order chi connectivity index (χ1) is 16.0. The zero-order valence-electron chi connectivity index (χ0n) is 19.3. The largest absolute Gasteiger partial charge is 0.497 e. The van der Waals surface area contributed by atoms with Gasteiger partial charge in [0.2, 0.25) is 15.8 Å². The van der Waals surface area contributed by atoms with Crippen LogP contribution in [0, 0.1) is 13.8 Å². The molecule has 1 heterocycles. The Morgan fingerprint density at radius 2 is 1.65 bits per heavy atom. The number of esters is 1. The number of Topliss-reactive ketones (excluding diaryl/α,β-unsaturated/α-hetero) is 1. The lowest BCUT2D eigenvalue weighted by Crippen LogP contribution is -2.16. The summed E-state index contributed by atoms with van der Waals surface area (Å²) in [6.45, 7) is 3.17. The van der Waals surface area contributed by atoms with Gasteiger partial charge in [0.25, 0.3) is 0 Å². The lowest BCUT2D eigenvalue weighted by atomic mass is 10.1. The van der Waals surface area contributed by atoms with Crippen LogP contribution in [-0.4, -0.2) is 45.6 Å². The molecule has 34 heavy (non-hydrogen) atoms. The van der Waals surface area contributed by atoms with Crippen LogP contribution >= 0.6 is 0 Å². The molecule has 0 saturated carbocycles. The summed E-state index contributed by atoms with van der Waals surface area (Å²) in [7, 11) is -0.778. The first-order valence-electron chi connectivity index (χ1n) is 10.3. The number of sulfonamides is 1. The fourth-order valence-electron chi connectivity index (χ4n) is 3.66. The smallest absolute Gasteiger partial charge is 0.310 e. The number of carbonyl (C=O) groups is 2. The summed E-state index contributed by atoms with van der Waals surface area (Å²) in [5, 5.41) is 5.15. The highest BCUT2D eigenvalue weighted by molar-refractivity contribution is 7.89. The summed E-state index contributed by atoms with van der Waals surface area (Å²) in [4.78, 5) is 25.1. The second-order valence-corrected chi connectivity index (χ2v) is 9.16. The number of rotatable bonds is 9. The molecule has 2 N–H and O–H groups in total. The lowest BCUT2D eigenvalue weighted by Gasteiger charge is -2.11. The Kier molecular flexibility index (Phi) is 7.43. The van der Waals surface area contributed by atoms with Crippen molar-refractivity contribution in [2.24, 2.45) is 5.14 Å². The average Bonchev–Trinajstić information content (AvgIpc) is 3.11. The number of ether oxygens (including phenoxy) is 3. The van der Waals surface area contributed by atoms with Gasteiger partial charge in [-0.05, 0) is 50.2 Å². The predicted octanol–water partition coefficient (Wildman–Crippen LogP) is 2.73. The zero-order valence-corrected chi connectivity index (χ0v) is 20.1. The van der Waals surface area contributed by atoms with Crippen molar-refractivity contribution in [3.05, 3.63) is 71.0 Å². The van der Waals surface area contributed by atoms with Crippen LogP contribution in [0.25, 0.3) is 5.69 Å². The standard InChI is InChI=1S/C24H26N2O7S/c1-15-11-21(16(2)26(15)18-6-9-20(10-7-18)34(25,29)30)22(27)14-33-24(28)12-17-5-8-19(31-3)13-23(17)32-4/h5-11,13H,12,14H2,1-4H3,(H2,25,29,30). The number of carbonyl (C=O) groups excluding carboxylic acids is 2. The van der Waals surface area contributed by atoms with Crippen LogP contribution in [0.4, 0.5) is 0 Å². The third-order valence-corrected chi connectivity index (χ3v) is 6.28. The predicted molar refractivity (Wildman–Crippen MR) is 125 cm³/mol. The highest BCUT2D eigenvalue weighted by Crippen LogP contribution is 2.26. The summed E-state index contributed by atoms with van der Waals surface area (Å²) in [6.07, 6.45) is -0.0597. The van der Waals surface area contributed by atoms with E-state index in [0.717, 1.165) is 5.69 Å². The third kappa shape index (κ3) is 5.46. The van der Waals surface area contributed by atoms with Crippen LogP contribution in [-0.2, 0) is 26.0 Å². The molecule has 0 aliphatic heterocycles. The lowest BCUT2D eigenvalue weighted by molar-refractivity contribution is -0.141. The van der Waals surface area contributed by atoms with E-state index in [1.807, 2.05) is 11.5 Å². The Bertz CT molecular complexity index is 1330. The van der Waals surface area contributed by atoms with Crippen molar-refractivity contribution in [1.82, 2.24) is 4.57 Å². The first-order valence-corrected chi connectivity index (χ1v) is 11.8. The van der Waals surface area contributed by atoms with Gasteiger partial charge in [0.1, 0.15) is 11.5 Å². The molecule has 0 unspecified atom stereocenters. The molecule has 180 valence electrons. The van der Waals surface area contributed by atoms with E-state index >= 15 is 0 Å². The number of hydrogen-bond acceptors (Lipinski definition) is 7. The molecule has 0 saturated heterocycles. The van der Waals surface area contributed by atoms with Gasteiger partial charge in [0, 0.05) is 34.3 Å². The highest BCUT2D eigenvalue weighted by Gasteiger charge is 2.19. The Morgan fingerprint density at radius 3 is 2.24 bits per heavy atom. The van der Waals surface area contributed by atoms with Gasteiger partial charge in [-0.25, -0.2) is 13.6 Å². The monoisotopic (exact) mass is 486 g/mol. The molecule has 0 aliphatic carbocycles. The number of aryl methyl sites for hydroxylation is 1. The number of hydrogen-bond donors (Lipinski definition) is 1. The first kappa shape index (κ1) is 25.0. The minimum absolute atomic E-state index is 0.00425. The van der Waals surface area contributed by atoms with Gasteiger partial charge in [-0.3, -0.25) is 9.59 Å². The van der Waals surface area contributed by atoms with E-state index in [4.69, 9.17) is 19.3 Å². The van der Waals surface area contributed by atoms with Crippen molar-refractivity contribution in [2.75, 3.05) is 20.8 Å². The normalized spacial score (nSPS) is 11.2. The number of primary sulfonamides is 1. The molecule has 0 aliphatic rings. The molecule has 3 aromatic rings. The topological polar surface area (TPSA) is 127 Å². The van der Waals surface area contributed by atoms with Crippen LogP contribution in [0.15, 0.2) is 53.4 Å². The molecule has 2 aromatic carbocycles. The fraction of sp³-hybridized carbons (Fsp3) is 0.250. The SMILES string of the molecule is COc1ccc(CC(=O)OCC(=O)c2cc(C)n(-c3ccc(S(N)(=O)=O)cc3)c2C)c(OC)c1. The van der Waals surface area contributed by atoms with E-state index < -0.39 is 22.6 Å². The van der Waals surface area contributed by atoms with Crippen LogP contribution in [0.3, 0.4) is 0 Å². The van der Waals surface area contributed by atoms with E-state index in [-0.39, 0.29) is 17.1 Å². The van der Waals surface area contributed by atoms with Crippen molar-refractivity contribution < 1.29 is 32.2 Å². The highest BCUT2D eigenvalue weighted by atomic mass is 32.2. The summed E-state index contributed by atoms with van der Waals surface area (Å²) in [6, 6.07) is 12.8. The molecular weight excluding hydrogens is 460 g/mol. The van der Waals surface area contributed by atoms with Crippen LogP contribution in [0.5, 0.6) is 11.5 Å². The molecule has 0 amide bonds. The van der Waals surface area contributed by atoms with Gasteiger partial charge < -0.3 is 18.8 Å². The van der Waals surface area contributed by atoms with Crippen molar-refractivity contribution in [3.8, 4) is 17.2 Å². The Balaban J connectivity index is 1.71. The number of aromatic nitrogens is 1. The zero-order chi connectivity index (χ0) is 25.0. The van der Waals surface area contributed by atoms with E-state index in [0.29, 0.717) is 34.0 Å². The van der Waals surface area contributed by atoms with E-state index in [1.54, 1.807) is 43.3 Å². The summed E-state index contributed by atoms with van der Waals surface area (Å²) in [5.41, 5.74) is 3.09. The molecule has 10 heteroatoms. The summed E-state index contributed by atoms with van der Waals surface area (Å²) in [5.74, 6) is 0.165. The van der Waals surface area contributed by atoms with Crippen LogP contribution < -0.4 is 14.6 Å². The molecule has 0 atom stereocenters. The second-order valence-electron chi connectivity index (χ2n) is 7.60. The van der Waals surface area contributed by atoms with Gasteiger partial charge >= 0.3 is 5.97 Å². The van der Waals surface area contributed by atoms with Gasteiger partial charge in [-0.2, -0.15) is 0 Å². The minimum atomic E-state index is -3.80. The maximum Gasteiger partial charge on any atom is 0.310 e. The van der Waals surface area contributed by atoms with Crippen molar-refractivity contribution in [2.45, 2.75) is 25.2 Å². The molecule has 1 aromatic heterocycles. The molecule has 0 spiro atoms. The van der Waals surface area contributed by atoms with E-state index in [9.17, 15) is 18.0 Å². The van der Waals surface area contributed by atoms with Crippen molar-refractivity contribution >= 4 is 21.8 Å². The maximum atomic E-state index is 12.8. The number of nitrogens with two attached hydrogens (primary N) is 1. The molecule has 0 fully saturated rings. The Hall–Kier alpha value is -3.63. The van der Waals surface area contributed by atoms with Gasteiger partial charge in [-0.1, -0.05) is 6.07 Å². The number of benzene rings is 2. The van der Waals surface area contributed by atoms with E-state index in [1.165, 1.54) is 26.4 Å². The average molecular weight is 487 g/mol. The van der Waals surface area contributed by atoms with Crippen LogP contribution in [0.1, 0.15) is 27.3 Å². The molecule has 0 radical (unpaired) electrons. The van der Waals surface area contributed by atoms with Crippen molar-refractivity contribution in [1.29, 1.82) is 0 Å². The Morgan fingerprint density at radius 1 is 0.971 bits per heavy atom. The minimum Gasteiger partial charge on any atom is -0.497 e. The van der Waals surface area contributed by atoms with Gasteiger partial charge in [0.05, 0.1) is 25.5 Å². The third-order valence-electron chi connectivity index (χ3n) is 5.35. The number of nitrogens with zero attached hydrogens (tertiary/aromatic N) is 1.